The molecule has 0 radical (unpaired) electrons. The number of rotatable bonds is 3. The van der Waals surface area contributed by atoms with Gasteiger partial charge in [0, 0.05) is 5.56 Å². The fourth-order valence-electron chi connectivity index (χ4n) is 2.12. The van der Waals surface area contributed by atoms with Crippen molar-refractivity contribution < 1.29 is 44.7 Å². The van der Waals surface area contributed by atoms with E-state index in [4.69, 9.17) is 6.42 Å². The van der Waals surface area contributed by atoms with Crippen LogP contribution in [-0.2, 0) is 10.3 Å². The fraction of sp³-hybridized carbons (Fsp3) is 0.118. The highest BCUT2D eigenvalue weighted by atomic mass is 19.4. The number of carbonyl (C=O) groups excluding carboxylic acids is 1. The Morgan fingerprint density at radius 2 is 1.30 bits per heavy atom. The van der Waals surface area contributed by atoms with Gasteiger partial charge in [-0.25, -0.2) is 26.7 Å². The van der Waals surface area contributed by atoms with Crippen LogP contribution >= 0.6 is 0 Å². The fourth-order valence-corrected chi connectivity index (χ4v) is 2.12. The Kier molecular flexibility index (Phi) is 5.17. The van der Waals surface area contributed by atoms with Crippen LogP contribution in [0.25, 0.3) is 0 Å². The molecule has 0 amide bonds. The van der Waals surface area contributed by atoms with Crippen LogP contribution in [0.2, 0.25) is 0 Å². The van der Waals surface area contributed by atoms with Gasteiger partial charge in [0.05, 0.1) is 0 Å². The van der Waals surface area contributed by atoms with E-state index in [1.807, 2.05) is 0 Å². The minimum Gasteiger partial charge on any atom is -0.428 e. The van der Waals surface area contributed by atoms with Gasteiger partial charge in [-0.3, -0.25) is 0 Å². The van der Waals surface area contributed by atoms with Gasteiger partial charge in [0.25, 0.3) is 5.60 Å². The van der Waals surface area contributed by atoms with Crippen molar-refractivity contribution in [3.8, 4) is 12.3 Å². The Labute approximate surface area is 146 Å². The van der Waals surface area contributed by atoms with Crippen LogP contribution in [0.15, 0.2) is 30.3 Å². The molecule has 0 fully saturated rings. The lowest BCUT2D eigenvalue weighted by atomic mass is 9.93. The predicted molar refractivity (Wildman–Crippen MR) is 74.7 cm³/mol. The number of carbonyl (C=O) groups is 1. The number of halogens is 8. The summed E-state index contributed by atoms with van der Waals surface area (Å²) in [6, 6.07) is 5.10. The van der Waals surface area contributed by atoms with Gasteiger partial charge in [0.15, 0.2) is 23.3 Å². The molecule has 0 aliphatic heterocycles. The molecule has 2 rings (SSSR count). The maximum atomic E-state index is 13.7. The monoisotopic (exact) mass is 394 g/mol. The van der Waals surface area contributed by atoms with Crippen LogP contribution in [0.5, 0.6) is 0 Å². The SMILES string of the molecule is C#CC(OC(=O)c1c(F)c(F)c(F)c(F)c1F)(c1ccccc1)C(F)(F)F. The molecule has 0 aliphatic carbocycles. The molecule has 27 heavy (non-hydrogen) atoms. The summed E-state index contributed by atoms with van der Waals surface area (Å²) in [5.74, 6) is -14.3. The summed E-state index contributed by atoms with van der Waals surface area (Å²) in [6.45, 7) is 0. The quantitative estimate of drug-likeness (QED) is 0.250. The number of benzene rings is 2. The third-order valence-corrected chi connectivity index (χ3v) is 3.44. The van der Waals surface area contributed by atoms with Crippen molar-refractivity contribution >= 4 is 5.97 Å². The van der Waals surface area contributed by atoms with Crippen LogP contribution in [0.4, 0.5) is 35.1 Å². The summed E-state index contributed by atoms with van der Waals surface area (Å²) in [5, 5.41) is 0. The minimum atomic E-state index is -5.48. The first-order chi connectivity index (χ1) is 12.5. The molecule has 0 N–H and O–H groups in total. The van der Waals surface area contributed by atoms with E-state index in [2.05, 4.69) is 4.74 Å². The molecule has 142 valence electrons. The number of ether oxygens (including phenoxy) is 1. The summed E-state index contributed by atoms with van der Waals surface area (Å²) in [5.41, 5.74) is -6.85. The lowest BCUT2D eigenvalue weighted by Crippen LogP contribution is -2.45. The molecule has 1 atom stereocenters. The number of esters is 1. The van der Waals surface area contributed by atoms with E-state index >= 15 is 0 Å². The second-order valence-corrected chi connectivity index (χ2v) is 5.02. The number of terminal acetylenes is 1. The lowest BCUT2D eigenvalue weighted by Gasteiger charge is -2.31. The molecule has 10 heteroatoms. The molecule has 0 saturated carbocycles. The summed E-state index contributed by atoms with van der Waals surface area (Å²) < 4.78 is 112. The first-order valence-corrected chi connectivity index (χ1v) is 6.82. The van der Waals surface area contributed by atoms with Crippen molar-refractivity contribution in [3.05, 3.63) is 70.5 Å². The van der Waals surface area contributed by atoms with E-state index in [1.165, 1.54) is 12.0 Å². The molecule has 2 nitrogen and oxygen atoms in total. The Hall–Kier alpha value is -3.09. The summed E-state index contributed by atoms with van der Waals surface area (Å²) in [6.07, 6.45) is -0.614. The predicted octanol–water partition coefficient (Wildman–Crippen LogP) is 4.63. The Balaban J connectivity index is 2.66. The van der Waals surface area contributed by atoms with Gasteiger partial charge in [-0.05, 0) is 5.92 Å². The van der Waals surface area contributed by atoms with Gasteiger partial charge in [-0.1, -0.05) is 30.3 Å². The molecular formula is C17H6F8O2. The Morgan fingerprint density at radius 3 is 1.70 bits per heavy atom. The largest absolute Gasteiger partial charge is 0.445 e. The van der Waals surface area contributed by atoms with Gasteiger partial charge in [0.1, 0.15) is 5.56 Å². The van der Waals surface area contributed by atoms with E-state index in [1.54, 1.807) is 0 Å². The molecule has 0 bridgehead atoms. The lowest BCUT2D eigenvalue weighted by molar-refractivity contribution is -0.240. The van der Waals surface area contributed by atoms with Crippen molar-refractivity contribution in [3.63, 3.8) is 0 Å². The van der Waals surface area contributed by atoms with Crippen molar-refractivity contribution in [1.29, 1.82) is 0 Å². The summed E-state index contributed by atoms with van der Waals surface area (Å²) >= 11 is 0. The van der Waals surface area contributed by atoms with E-state index in [-0.39, 0.29) is 0 Å². The molecule has 0 saturated heterocycles. The highest BCUT2D eigenvalue weighted by molar-refractivity contribution is 5.90. The minimum absolute atomic E-state index is 0.805. The van der Waals surface area contributed by atoms with Gasteiger partial charge < -0.3 is 4.74 Å². The van der Waals surface area contributed by atoms with Gasteiger partial charge in [0.2, 0.25) is 5.82 Å². The highest BCUT2D eigenvalue weighted by Crippen LogP contribution is 2.42. The van der Waals surface area contributed by atoms with Crippen LogP contribution < -0.4 is 0 Å². The zero-order chi connectivity index (χ0) is 20.6. The maximum Gasteiger partial charge on any atom is 0.445 e. The zero-order valence-electron chi connectivity index (χ0n) is 12.8. The van der Waals surface area contributed by atoms with E-state index < -0.39 is 58.0 Å². The van der Waals surface area contributed by atoms with Crippen LogP contribution in [-0.4, -0.2) is 12.1 Å². The number of alkyl halides is 3. The van der Waals surface area contributed by atoms with Crippen LogP contribution in [0, 0.1) is 41.4 Å². The maximum absolute atomic E-state index is 13.7. The van der Waals surface area contributed by atoms with Gasteiger partial charge in [-0.2, -0.15) is 13.2 Å². The van der Waals surface area contributed by atoms with E-state index in [0.29, 0.717) is 0 Å². The smallest absolute Gasteiger partial charge is 0.428 e. The Morgan fingerprint density at radius 1 is 0.852 bits per heavy atom. The van der Waals surface area contributed by atoms with Crippen molar-refractivity contribution in [2.24, 2.45) is 0 Å². The average molecular weight is 394 g/mol. The third-order valence-electron chi connectivity index (χ3n) is 3.44. The topological polar surface area (TPSA) is 26.3 Å². The first-order valence-electron chi connectivity index (χ1n) is 6.82. The zero-order valence-corrected chi connectivity index (χ0v) is 12.8. The van der Waals surface area contributed by atoms with E-state index in [9.17, 15) is 39.9 Å². The van der Waals surface area contributed by atoms with Crippen LogP contribution in [0.1, 0.15) is 15.9 Å². The van der Waals surface area contributed by atoms with Crippen molar-refractivity contribution in [2.45, 2.75) is 11.8 Å². The standard InChI is InChI=1S/C17H6F8O2/c1-2-16(17(23,24)25,8-6-4-3-5-7-8)27-15(26)9-10(18)12(20)14(22)13(21)11(9)19/h1,3-7H. The second kappa shape index (κ2) is 6.90. The summed E-state index contributed by atoms with van der Waals surface area (Å²) in [4.78, 5) is 11.9. The molecule has 0 aromatic heterocycles. The average Bonchev–Trinajstić information content (AvgIpc) is 2.62. The van der Waals surface area contributed by atoms with Gasteiger partial charge >= 0.3 is 12.1 Å². The molecule has 2 aromatic rings. The number of hydrogen-bond acceptors (Lipinski definition) is 2. The van der Waals surface area contributed by atoms with Gasteiger partial charge in [-0.15, -0.1) is 6.42 Å². The molecule has 0 aliphatic rings. The van der Waals surface area contributed by atoms with Crippen LogP contribution in [0.3, 0.4) is 0 Å². The summed E-state index contributed by atoms with van der Waals surface area (Å²) in [7, 11) is 0. The number of hydrogen-bond donors (Lipinski definition) is 0. The molecule has 0 spiro atoms. The highest BCUT2D eigenvalue weighted by Gasteiger charge is 2.59. The molecular weight excluding hydrogens is 388 g/mol. The van der Waals surface area contributed by atoms with E-state index in [0.717, 1.165) is 24.3 Å². The third kappa shape index (κ3) is 3.20. The molecule has 1 unspecified atom stereocenters. The Bertz CT molecular complexity index is 902. The first kappa shape index (κ1) is 20.2. The second-order valence-electron chi connectivity index (χ2n) is 5.02. The molecule has 2 aromatic carbocycles. The van der Waals surface area contributed by atoms with Crippen molar-refractivity contribution in [1.82, 2.24) is 0 Å². The molecule has 0 heterocycles. The van der Waals surface area contributed by atoms with Crippen molar-refractivity contribution in [2.75, 3.05) is 0 Å². The normalized spacial score (nSPS) is 13.6.